The minimum Gasteiger partial charge on any atom is -0.303 e. The monoisotopic (exact) mass is 262 g/mol. The topological polar surface area (TPSA) is 39.0 Å². The molecule has 0 spiro atoms. The van der Waals surface area contributed by atoms with Gasteiger partial charge in [0.15, 0.2) is 5.52 Å². The number of imidazole rings is 2. The van der Waals surface area contributed by atoms with Crippen LogP contribution in [0, 0.1) is 0 Å². The molecule has 5 heteroatoms. The van der Waals surface area contributed by atoms with Gasteiger partial charge >= 0.3 is 0 Å². The number of aryl methyl sites for hydroxylation is 1. The van der Waals surface area contributed by atoms with Gasteiger partial charge in [0.1, 0.15) is 12.1 Å². The third-order valence-electron chi connectivity index (χ3n) is 4.21. The Labute approximate surface area is 114 Å². The maximum atomic E-state index is 4.28. The van der Waals surface area contributed by atoms with Crippen molar-refractivity contribution in [2.75, 3.05) is 0 Å². The highest BCUT2D eigenvalue weighted by molar-refractivity contribution is 5.86. The smallest absolute Gasteiger partial charge is 0.255 e. The number of fused-ring (bicyclic) bond motifs is 7. The minimum atomic E-state index is 0.918. The average molecular weight is 262 g/mol. The van der Waals surface area contributed by atoms with Gasteiger partial charge in [0, 0.05) is 37.3 Å². The number of aromatic nitrogens is 5. The number of hydrogen-bond acceptors (Lipinski definition) is 2. The summed E-state index contributed by atoms with van der Waals surface area (Å²) >= 11 is 0. The number of nitrogens with zero attached hydrogens (tertiary/aromatic N) is 5. The standard InChI is InChI=1S/C15H12N5/c1-18-13-7-17-5-3-12(13)20-9-19-8-10-2-4-16-6-11(10)14(19)15(18)20/h2-7,9H,8H2,1H3/q+1. The molecular weight excluding hydrogens is 250 g/mol. The summed E-state index contributed by atoms with van der Waals surface area (Å²) in [6.07, 6.45) is 9.75. The summed E-state index contributed by atoms with van der Waals surface area (Å²) < 4.78 is 6.74. The summed E-state index contributed by atoms with van der Waals surface area (Å²) in [5, 5.41) is 0. The summed E-state index contributed by atoms with van der Waals surface area (Å²) in [6.45, 7) is 0.918. The lowest BCUT2D eigenvalue weighted by atomic mass is 10.1. The molecule has 0 amide bonds. The SMILES string of the molecule is Cn1c2cnccc2n2c[n+]3c(c12)-c1cnccc1C3. The molecule has 5 heterocycles. The third kappa shape index (κ3) is 1.02. The molecule has 0 radical (unpaired) electrons. The van der Waals surface area contributed by atoms with Gasteiger partial charge in [-0.1, -0.05) is 0 Å². The summed E-state index contributed by atoms with van der Waals surface area (Å²) in [4.78, 5) is 8.51. The predicted molar refractivity (Wildman–Crippen MR) is 74.2 cm³/mol. The molecule has 20 heavy (non-hydrogen) atoms. The van der Waals surface area contributed by atoms with E-state index in [0.29, 0.717) is 0 Å². The van der Waals surface area contributed by atoms with E-state index in [-0.39, 0.29) is 0 Å². The van der Waals surface area contributed by atoms with Crippen molar-refractivity contribution in [1.82, 2.24) is 18.9 Å². The molecule has 0 atom stereocenters. The number of rotatable bonds is 0. The predicted octanol–water partition coefficient (Wildman–Crippen LogP) is 1.54. The second kappa shape index (κ2) is 3.25. The van der Waals surface area contributed by atoms with E-state index in [9.17, 15) is 0 Å². The van der Waals surface area contributed by atoms with Crippen molar-refractivity contribution < 1.29 is 4.57 Å². The van der Waals surface area contributed by atoms with Crippen molar-refractivity contribution in [3.63, 3.8) is 0 Å². The van der Waals surface area contributed by atoms with Crippen molar-refractivity contribution in [2.45, 2.75) is 6.54 Å². The van der Waals surface area contributed by atoms with E-state index in [4.69, 9.17) is 0 Å². The highest BCUT2D eigenvalue weighted by Gasteiger charge is 2.32. The van der Waals surface area contributed by atoms with Crippen LogP contribution >= 0.6 is 0 Å². The molecule has 4 aromatic rings. The Morgan fingerprint density at radius 2 is 1.95 bits per heavy atom. The molecule has 0 aromatic carbocycles. The van der Waals surface area contributed by atoms with Crippen LogP contribution in [0.5, 0.6) is 0 Å². The molecule has 0 aliphatic carbocycles. The fraction of sp³-hybridized carbons (Fsp3) is 0.133. The highest BCUT2D eigenvalue weighted by Crippen LogP contribution is 2.32. The van der Waals surface area contributed by atoms with E-state index in [1.54, 1.807) is 0 Å². The first-order chi connectivity index (χ1) is 9.84. The van der Waals surface area contributed by atoms with Gasteiger partial charge in [0.05, 0.1) is 11.8 Å². The molecule has 96 valence electrons. The molecule has 0 saturated heterocycles. The van der Waals surface area contributed by atoms with Gasteiger partial charge in [-0.2, -0.15) is 4.40 Å². The van der Waals surface area contributed by atoms with Crippen molar-refractivity contribution in [3.8, 4) is 11.3 Å². The van der Waals surface area contributed by atoms with E-state index in [2.05, 4.69) is 49.0 Å². The third-order valence-corrected chi connectivity index (χ3v) is 4.21. The van der Waals surface area contributed by atoms with Gasteiger partial charge in [0.2, 0.25) is 5.69 Å². The normalized spacial score (nSPS) is 13.1. The summed E-state index contributed by atoms with van der Waals surface area (Å²) in [5.41, 5.74) is 7.33. The molecule has 0 fully saturated rings. The van der Waals surface area contributed by atoms with E-state index >= 15 is 0 Å². The summed E-state index contributed by atoms with van der Waals surface area (Å²) in [6, 6.07) is 4.16. The van der Waals surface area contributed by atoms with Crippen LogP contribution < -0.4 is 4.57 Å². The van der Waals surface area contributed by atoms with Crippen LogP contribution in [0.1, 0.15) is 5.56 Å². The Hall–Kier alpha value is -2.69. The summed E-state index contributed by atoms with van der Waals surface area (Å²) in [5.74, 6) is 0. The Bertz CT molecular complexity index is 992. The zero-order valence-corrected chi connectivity index (χ0v) is 11.0. The molecule has 4 aromatic heterocycles. The van der Waals surface area contributed by atoms with Crippen molar-refractivity contribution >= 4 is 16.7 Å². The zero-order valence-electron chi connectivity index (χ0n) is 11.0. The average Bonchev–Trinajstić information content (AvgIpc) is 3.08. The van der Waals surface area contributed by atoms with E-state index in [0.717, 1.165) is 12.1 Å². The molecule has 1 aliphatic rings. The number of pyridine rings is 2. The molecule has 0 N–H and O–H groups in total. The van der Waals surface area contributed by atoms with Crippen LogP contribution in [0.2, 0.25) is 0 Å². The summed E-state index contributed by atoms with van der Waals surface area (Å²) in [7, 11) is 2.09. The van der Waals surface area contributed by atoms with Gasteiger partial charge in [0.25, 0.3) is 12.0 Å². The van der Waals surface area contributed by atoms with Gasteiger partial charge < -0.3 is 4.57 Å². The second-order valence-electron chi connectivity index (χ2n) is 5.24. The molecule has 5 nitrogen and oxygen atoms in total. The lowest BCUT2D eigenvalue weighted by Gasteiger charge is -1.95. The van der Waals surface area contributed by atoms with Gasteiger partial charge in [-0.3, -0.25) is 9.97 Å². The first-order valence-electron chi connectivity index (χ1n) is 6.61. The Balaban J connectivity index is 2.01. The fourth-order valence-corrected chi connectivity index (χ4v) is 3.30. The Kier molecular flexibility index (Phi) is 1.65. The first kappa shape index (κ1) is 10.1. The zero-order chi connectivity index (χ0) is 13.3. The molecular formula is C15H12N5+. The molecule has 0 unspecified atom stereocenters. The van der Waals surface area contributed by atoms with E-state index < -0.39 is 0 Å². The fourth-order valence-electron chi connectivity index (χ4n) is 3.30. The first-order valence-corrected chi connectivity index (χ1v) is 6.61. The molecule has 1 aliphatic heterocycles. The van der Waals surface area contributed by atoms with Crippen LogP contribution in [0.3, 0.4) is 0 Å². The van der Waals surface area contributed by atoms with Crippen LogP contribution in [-0.4, -0.2) is 18.9 Å². The van der Waals surface area contributed by atoms with Crippen molar-refractivity contribution in [1.29, 1.82) is 0 Å². The van der Waals surface area contributed by atoms with Gasteiger partial charge in [-0.25, -0.2) is 4.57 Å². The number of hydrogen-bond donors (Lipinski definition) is 0. The molecule has 0 bridgehead atoms. The molecule has 0 saturated carbocycles. The lowest BCUT2D eigenvalue weighted by molar-refractivity contribution is -0.671. The second-order valence-corrected chi connectivity index (χ2v) is 5.24. The van der Waals surface area contributed by atoms with E-state index in [1.807, 2.05) is 24.8 Å². The maximum Gasteiger partial charge on any atom is 0.255 e. The van der Waals surface area contributed by atoms with Crippen LogP contribution in [0.25, 0.3) is 27.9 Å². The highest BCUT2D eigenvalue weighted by atomic mass is 15.2. The molecule has 5 rings (SSSR count). The van der Waals surface area contributed by atoms with Crippen LogP contribution in [-0.2, 0) is 13.6 Å². The maximum absolute atomic E-state index is 4.28. The lowest BCUT2D eigenvalue weighted by Crippen LogP contribution is -2.29. The quantitative estimate of drug-likeness (QED) is 0.397. The Morgan fingerprint density at radius 3 is 2.90 bits per heavy atom. The van der Waals surface area contributed by atoms with Crippen LogP contribution in [0.4, 0.5) is 0 Å². The van der Waals surface area contributed by atoms with Gasteiger partial charge in [-0.05, 0) is 6.07 Å². The Morgan fingerprint density at radius 1 is 1.10 bits per heavy atom. The van der Waals surface area contributed by atoms with Crippen LogP contribution in [0.15, 0.2) is 43.2 Å². The minimum absolute atomic E-state index is 0.918. The largest absolute Gasteiger partial charge is 0.303 e. The van der Waals surface area contributed by atoms with Gasteiger partial charge in [-0.15, -0.1) is 0 Å². The van der Waals surface area contributed by atoms with Crippen molar-refractivity contribution in [3.05, 3.63) is 48.8 Å². The van der Waals surface area contributed by atoms with Crippen molar-refractivity contribution in [2.24, 2.45) is 7.05 Å². The van der Waals surface area contributed by atoms with E-state index in [1.165, 1.54) is 28.0 Å².